The van der Waals surface area contributed by atoms with Gasteiger partial charge in [0.15, 0.2) is 6.61 Å². The van der Waals surface area contributed by atoms with Gasteiger partial charge in [-0.25, -0.2) is 0 Å². The first-order valence-corrected chi connectivity index (χ1v) is 7.57. The molecule has 1 N–H and O–H groups in total. The Hall–Kier alpha value is -2.29. The molecule has 2 aromatic rings. The van der Waals surface area contributed by atoms with Crippen LogP contribution in [-0.4, -0.2) is 19.1 Å². The highest BCUT2D eigenvalue weighted by Crippen LogP contribution is 2.23. The zero-order valence-electron chi connectivity index (χ0n) is 13.5. The predicted molar refractivity (Wildman–Crippen MR) is 89.3 cm³/mol. The van der Waals surface area contributed by atoms with Crippen LogP contribution in [-0.2, 0) is 11.2 Å². The summed E-state index contributed by atoms with van der Waals surface area (Å²) in [5.41, 5.74) is 4.62. The summed E-state index contributed by atoms with van der Waals surface area (Å²) < 4.78 is 5.65. The van der Waals surface area contributed by atoms with Gasteiger partial charge in [0.25, 0.3) is 5.91 Å². The monoisotopic (exact) mass is 297 g/mol. The Bertz CT molecular complexity index is 635. The molecule has 0 aliphatic carbocycles. The number of ether oxygens (including phenoxy) is 1. The van der Waals surface area contributed by atoms with Gasteiger partial charge in [-0.15, -0.1) is 0 Å². The zero-order valence-corrected chi connectivity index (χ0v) is 13.5. The van der Waals surface area contributed by atoms with Crippen molar-refractivity contribution in [3.63, 3.8) is 0 Å². The molecular weight excluding hydrogens is 274 g/mol. The summed E-state index contributed by atoms with van der Waals surface area (Å²) in [6.07, 6.45) is 0.829. The standard InChI is InChI=1S/C19H23NO2/c1-14-11-15(2)16(3)18(12-14)22-13-19(21)20-10-9-17-7-5-4-6-8-17/h4-8,11-12H,9-10,13H2,1-3H3,(H,20,21). The quantitative estimate of drug-likeness (QED) is 0.888. The molecule has 0 fully saturated rings. The first-order chi connectivity index (χ1) is 10.6. The number of carbonyl (C=O) groups excluding carboxylic acids is 1. The molecule has 0 unspecified atom stereocenters. The van der Waals surface area contributed by atoms with E-state index in [9.17, 15) is 4.79 Å². The van der Waals surface area contributed by atoms with Crippen molar-refractivity contribution in [3.05, 3.63) is 64.7 Å². The molecule has 0 spiro atoms. The second-order valence-corrected chi connectivity index (χ2v) is 5.58. The molecule has 0 bridgehead atoms. The highest BCUT2D eigenvalue weighted by molar-refractivity contribution is 5.77. The third kappa shape index (κ3) is 4.62. The van der Waals surface area contributed by atoms with E-state index in [4.69, 9.17) is 4.74 Å². The van der Waals surface area contributed by atoms with E-state index in [1.165, 1.54) is 11.1 Å². The molecule has 0 saturated carbocycles. The molecule has 0 saturated heterocycles. The SMILES string of the molecule is Cc1cc(C)c(C)c(OCC(=O)NCCc2ccccc2)c1. The molecule has 3 heteroatoms. The number of carbonyl (C=O) groups is 1. The summed E-state index contributed by atoms with van der Waals surface area (Å²) in [7, 11) is 0. The molecule has 2 aromatic carbocycles. The summed E-state index contributed by atoms with van der Waals surface area (Å²) >= 11 is 0. The number of rotatable bonds is 6. The van der Waals surface area contributed by atoms with E-state index in [0.29, 0.717) is 6.54 Å². The molecule has 0 radical (unpaired) electrons. The van der Waals surface area contributed by atoms with E-state index in [1.54, 1.807) is 0 Å². The Labute approximate surface area is 132 Å². The van der Waals surface area contributed by atoms with E-state index in [1.807, 2.05) is 38.1 Å². The second kappa shape index (κ2) is 7.64. The van der Waals surface area contributed by atoms with Gasteiger partial charge >= 0.3 is 0 Å². The smallest absolute Gasteiger partial charge is 0.257 e. The Morgan fingerprint density at radius 3 is 2.55 bits per heavy atom. The molecule has 3 nitrogen and oxygen atoms in total. The maximum absolute atomic E-state index is 11.9. The molecule has 116 valence electrons. The number of benzene rings is 2. The fourth-order valence-electron chi connectivity index (χ4n) is 2.34. The van der Waals surface area contributed by atoms with E-state index >= 15 is 0 Å². The van der Waals surface area contributed by atoms with Crippen molar-refractivity contribution < 1.29 is 9.53 Å². The van der Waals surface area contributed by atoms with Gasteiger partial charge in [-0.1, -0.05) is 36.4 Å². The number of nitrogens with one attached hydrogen (secondary N) is 1. The molecular formula is C19H23NO2. The van der Waals surface area contributed by atoms with Crippen LogP contribution in [0.1, 0.15) is 22.3 Å². The molecule has 0 atom stereocenters. The lowest BCUT2D eigenvalue weighted by molar-refractivity contribution is -0.123. The molecule has 0 heterocycles. The highest BCUT2D eigenvalue weighted by atomic mass is 16.5. The summed E-state index contributed by atoms with van der Waals surface area (Å²) in [4.78, 5) is 11.9. The fourth-order valence-corrected chi connectivity index (χ4v) is 2.34. The second-order valence-electron chi connectivity index (χ2n) is 5.58. The van der Waals surface area contributed by atoms with E-state index in [-0.39, 0.29) is 12.5 Å². The Balaban J connectivity index is 1.78. The highest BCUT2D eigenvalue weighted by Gasteiger charge is 2.07. The van der Waals surface area contributed by atoms with Gasteiger partial charge in [0.1, 0.15) is 5.75 Å². The average molecular weight is 297 g/mol. The van der Waals surface area contributed by atoms with Crippen molar-refractivity contribution in [1.82, 2.24) is 5.32 Å². The normalized spacial score (nSPS) is 10.3. The van der Waals surface area contributed by atoms with Gasteiger partial charge in [-0.2, -0.15) is 0 Å². The van der Waals surface area contributed by atoms with Crippen molar-refractivity contribution in [2.45, 2.75) is 27.2 Å². The lowest BCUT2D eigenvalue weighted by Gasteiger charge is -2.12. The topological polar surface area (TPSA) is 38.3 Å². The van der Waals surface area contributed by atoms with Crippen LogP contribution in [0.15, 0.2) is 42.5 Å². The van der Waals surface area contributed by atoms with Gasteiger partial charge in [0.05, 0.1) is 0 Å². The Kier molecular flexibility index (Phi) is 5.59. The van der Waals surface area contributed by atoms with Crippen LogP contribution in [0.4, 0.5) is 0 Å². The third-order valence-electron chi connectivity index (χ3n) is 3.70. The first kappa shape index (κ1) is 16.1. The maximum atomic E-state index is 11.9. The van der Waals surface area contributed by atoms with Crippen molar-refractivity contribution in [3.8, 4) is 5.75 Å². The molecule has 2 rings (SSSR count). The van der Waals surface area contributed by atoms with E-state index in [2.05, 4.69) is 30.4 Å². The summed E-state index contributed by atoms with van der Waals surface area (Å²) in [6, 6.07) is 14.2. The minimum atomic E-state index is -0.0884. The minimum Gasteiger partial charge on any atom is -0.483 e. The average Bonchev–Trinajstić information content (AvgIpc) is 2.50. The number of hydrogen-bond acceptors (Lipinski definition) is 2. The van der Waals surface area contributed by atoms with E-state index < -0.39 is 0 Å². The summed E-state index contributed by atoms with van der Waals surface area (Å²) in [5, 5.41) is 2.89. The van der Waals surface area contributed by atoms with Crippen molar-refractivity contribution >= 4 is 5.91 Å². The molecule has 0 aliphatic rings. The van der Waals surface area contributed by atoms with Crippen molar-refractivity contribution in [2.24, 2.45) is 0 Å². The van der Waals surface area contributed by atoms with Gasteiger partial charge in [0, 0.05) is 6.54 Å². The molecule has 22 heavy (non-hydrogen) atoms. The number of aryl methyl sites for hydroxylation is 2. The van der Waals surface area contributed by atoms with Crippen LogP contribution < -0.4 is 10.1 Å². The third-order valence-corrected chi connectivity index (χ3v) is 3.70. The molecule has 0 aromatic heterocycles. The van der Waals surface area contributed by atoms with Crippen molar-refractivity contribution in [2.75, 3.05) is 13.2 Å². The van der Waals surface area contributed by atoms with E-state index in [0.717, 1.165) is 23.3 Å². The lowest BCUT2D eigenvalue weighted by Crippen LogP contribution is -2.30. The first-order valence-electron chi connectivity index (χ1n) is 7.57. The van der Waals surface area contributed by atoms with Gasteiger partial charge in [-0.05, 0) is 55.5 Å². The maximum Gasteiger partial charge on any atom is 0.257 e. The van der Waals surface area contributed by atoms with Crippen LogP contribution in [0, 0.1) is 20.8 Å². The minimum absolute atomic E-state index is 0.0541. The summed E-state index contributed by atoms with van der Waals surface area (Å²) in [6.45, 7) is 6.77. The van der Waals surface area contributed by atoms with Crippen molar-refractivity contribution in [1.29, 1.82) is 0 Å². The molecule has 1 amide bonds. The number of hydrogen-bond donors (Lipinski definition) is 1. The van der Waals surface area contributed by atoms with Crippen LogP contribution in [0.5, 0.6) is 5.75 Å². The zero-order chi connectivity index (χ0) is 15.9. The van der Waals surface area contributed by atoms with Crippen LogP contribution >= 0.6 is 0 Å². The van der Waals surface area contributed by atoms with Gasteiger partial charge < -0.3 is 10.1 Å². The summed E-state index contributed by atoms with van der Waals surface area (Å²) in [5.74, 6) is 0.699. The number of amides is 1. The Morgan fingerprint density at radius 1 is 1.09 bits per heavy atom. The fraction of sp³-hybridized carbons (Fsp3) is 0.316. The Morgan fingerprint density at radius 2 is 1.82 bits per heavy atom. The predicted octanol–water partition coefficient (Wildman–Crippen LogP) is 3.35. The van der Waals surface area contributed by atoms with Crippen LogP contribution in [0.25, 0.3) is 0 Å². The van der Waals surface area contributed by atoms with Gasteiger partial charge in [-0.3, -0.25) is 4.79 Å². The van der Waals surface area contributed by atoms with Crippen LogP contribution in [0.3, 0.4) is 0 Å². The molecule has 0 aliphatic heterocycles. The lowest BCUT2D eigenvalue weighted by atomic mass is 10.1. The van der Waals surface area contributed by atoms with Gasteiger partial charge in [0.2, 0.25) is 0 Å². The largest absolute Gasteiger partial charge is 0.483 e. The van der Waals surface area contributed by atoms with Crippen LogP contribution in [0.2, 0.25) is 0 Å².